The van der Waals surface area contributed by atoms with Crippen LogP contribution in [0.3, 0.4) is 0 Å². The Labute approximate surface area is 72.6 Å². The molecule has 0 radical (unpaired) electrons. The third-order valence-corrected chi connectivity index (χ3v) is 2.38. The lowest BCUT2D eigenvalue weighted by Crippen LogP contribution is -2.03. The highest BCUT2D eigenvalue weighted by molar-refractivity contribution is 5.41. The highest BCUT2D eigenvalue weighted by Crippen LogP contribution is 2.37. The Kier molecular flexibility index (Phi) is 1.60. The molecule has 1 saturated carbocycles. The summed E-state index contributed by atoms with van der Waals surface area (Å²) < 4.78 is 1.97. The Hall–Kier alpha value is -0.990. The quantitative estimate of drug-likeness (QED) is 0.727. The van der Waals surface area contributed by atoms with Crippen molar-refractivity contribution in [2.75, 3.05) is 5.73 Å². The largest absolute Gasteiger partial charge is 0.384 e. The van der Waals surface area contributed by atoms with Crippen LogP contribution in [0.5, 0.6) is 0 Å². The molecule has 1 aliphatic carbocycles. The second kappa shape index (κ2) is 2.51. The van der Waals surface area contributed by atoms with Crippen molar-refractivity contribution >= 4 is 5.82 Å². The lowest BCUT2D eigenvalue weighted by atomic mass is 10.1. The van der Waals surface area contributed by atoms with E-state index in [2.05, 4.69) is 18.9 Å². The van der Waals surface area contributed by atoms with Crippen LogP contribution in [0.2, 0.25) is 0 Å². The van der Waals surface area contributed by atoms with Crippen molar-refractivity contribution in [2.24, 2.45) is 0 Å². The van der Waals surface area contributed by atoms with Gasteiger partial charge in [0.1, 0.15) is 5.82 Å². The topological polar surface area (TPSA) is 43.8 Å². The summed E-state index contributed by atoms with van der Waals surface area (Å²) in [5.41, 5.74) is 7.13. The van der Waals surface area contributed by atoms with E-state index in [0.717, 1.165) is 5.82 Å². The first-order valence-electron chi connectivity index (χ1n) is 4.53. The molecule has 0 amide bonds. The van der Waals surface area contributed by atoms with Gasteiger partial charge < -0.3 is 5.73 Å². The minimum absolute atomic E-state index is 0.484. The van der Waals surface area contributed by atoms with Gasteiger partial charge in [0.05, 0.1) is 12.2 Å². The smallest absolute Gasteiger partial charge is 0.125 e. The molecule has 0 aliphatic heterocycles. The predicted molar refractivity (Wildman–Crippen MR) is 49.0 cm³/mol. The highest BCUT2D eigenvalue weighted by atomic mass is 15.3. The second-order valence-corrected chi connectivity index (χ2v) is 3.82. The zero-order valence-corrected chi connectivity index (χ0v) is 7.62. The number of anilines is 1. The van der Waals surface area contributed by atoms with Crippen LogP contribution in [0.15, 0.2) is 6.20 Å². The molecule has 1 aromatic heterocycles. The first kappa shape index (κ1) is 7.65. The fourth-order valence-electron chi connectivity index (χ4n) is 1.44. The van der Waals surface area contributed by atoms with Crippen molar-refractivity contribution in [3.8, 4) is 0 Å². The molecule has 2 N–H and O–H groups in total. The van der Waals surface area contributed by atoms with Crippen LogP contribution in [0.25, 0.3) is 0 Å². The van der Waals surface area contributed by atoms with Gasteiger partial charge in [-0.05, 0) is 18.8 Å². The summed E-state index contributed by atoms with van der Waals surface area (Å²) in [7, 11) is 0. The number of nitrogens with zero attached hydrogens (tertiary/aromatic N) is 2. The normalized spacial score (nSPS) is 17.2. The lowest BCUT2D eigenvalue weighted by Gasteiger charge is -2.04. The average molecular weight is 165 g/mol. The molecule has 1 aromatic rings. The molecule has 0 atom stereocenters. The zero-order valence-electron chi connectivity index (χ0n) is 7.62. The Morgan fingerprint density at radius 1 is 1.58 bits per heavy atom. The van der Waals surface area contributed by atoms with E-state index < -0.39 is 0 Å². The molecule has 0 aromatic carbocycles. The molecule has 0 saturated heterocycles. The maximum atomic E-state index is 5.95. The SMILES string of the molecule is CC(C)c1cnn(C2CC2)c1N. The van der Waals surface area contributed by atoms with E-state index in [1.807, 2.05) is 10.9 Å². The fourth-order valence-corrected chi connectivity index (χ4v) is 1.44. The van der Waals surface area contributed by atoms with Crippen molar-refractivity contribution in [1.82, 2.24) is 9.78 Å². The Morgan fingerprint density at radius 2 is 2.25 bits per heavy atom. The van der Waals surface area contributed by atoms with Crippen molar-refractivity contribution in [3.63, 3.8) is 0 Å². The van der Waals surface area contributed by atoms with E-state index in [1.54, 1.807) is 0 Å². The van der Waals surface area contributed by atoms with Crippen LogP contribution in [0.4, 0.5) is 5.82 Å². The van der Waals surface area contributed by atoms with Crippen LogP contribution in [0, 0.1) is 0 Å². The van der Waals surface area contributed by atoms with Crippen LogP contribution < -0.4 is 5.73 Å². The molecule has 1 fully saturated rings. The molecule has 2 rings (SSSR count). The van der Waals surface area contributed by atoms with Crippen molar-refractivity contribution in [3.05, 3.63) is 11.8 Å². The number of rotatable bonds is 2. The molecule has 1 aliphatic rings. The first-order chi connectivity index (χ1) is 5.70. The monoisotopic (exact) mass is 165 g/mol. The Morgan fingerprint density at radius 3 is 2.67 bits per heavy atom. The summed E-state index contributed by atoms with van der Waals surface area (Å²) in [5.74, 6) is 1.35. The molecule has 0 unspecified atom stereocenters. The standard InChI is InChI=1S/C9H15N3/c1-6(2)8-5-11-12(9(8)10)7-3-4-7/h5-7H,3-4,10H2,1-2H3. The van der Waals surface area contributed by atoms with Gasteiger partial charge in [0, 0.05) is 5.56 Å². The van der Waals surface area contributed by atoms with E-state index in [-0.39, 0.29) is 0 Å². The number of nitrogens with two attached hydrogens (primary N) is 1. The van der Waals surface area contributed by atoms with Gasteiger partial charge in [-0.1, -0.05) is 13.8 Å². The van der Waals surface area contributed by atoms with Crippen molar-refractivity contribution in [1.29, 1.82) is 0 Å². The van der Waals surface area contributed by atoms with Crippen LogP contribution in [-0.2, 0) is 0 Å². The number of hydrogen-bond donors (Lipinski definition) is 1. The van der Waals surface area contributed by atoms with E-state index in [0.29, 0.717) is 12.0 Å². The molecule has 12 heavy (non-hydrogen) atoms. The van der Waals surface area contributed by atoms with Gasteiger partial charge in [-0.2, -0.15) is 5.10 Å². The summed E-state index contributed by atoms with van der Waals surface area (Å²) >= 11 is 0. The Balaban J connectivity index is 2.33. The third-order valence-electron chi connectivity index (χ3n) is 2.38. The summed E-state index contributed by atoms with van der Waals surface area (Å²) in [6.45, 7) is 4.29. The summed E-state index contributed by atoms with van der Waals surface area (Å²) in [5, 5.41) is 4.29. The van der Waals surface area contributed by atoms with Gasteiger partial charge >= 0.3 is 0 Å². The van der Waals surface area contributed by atoms with Gasteiger partial charge in [0.15, 0.2) is 0 Å². The summed E-state index contributed by atoms with van der Waals surface area (Å²) in [6.07, 6.45) is 4.38. The summed E-state index contributed by atoms with van der Waals surface area (Å²) in [6, 6.07) is 0.595. The molecule has 0 spiro atoms. The van der Waals surface area contributed by atoms with E-state index >= 15 is 0 Å². The zero-order chi connectivity index (χ0) is 8.72. The molecular weight excluding hydrogens is 150 g/mol. The number of aromatic nitrogens is 2. The van der Waals surface area contributed by atoms with Crippen molar-refractivity contribution in [2.45, 2.75) is 38.6 Å². The van der Waals surface area contributed by atoms with Gasteiger partial charge in [-0.25, -0.2) is 4.68 Å². The maximum absolute atomic E-state index is 5.95. The highest BCUT2D eigenvalue weighted by Gasteiger charge is 2.27. The van der Waals surface area contributed by atoms with Crippen LogP contribution >= 0.6 is 0 Å². The third kappa shape index (κ3) is 1.09. The molecule has 66 valence electrons. The Bertz CT molecular complexity index is 264. The van der Waals surface area contributed by atoms with E-state index in [9.17, 15) is 0 Å². The average Bonchev–Trinajstić information content (AvgIpc) is 2.75. The molecular formula is C9H15N3. The van der Waals surface area contributed by atoms with Gasteiger partial charge in [0.25, 0.3) is 0 Å². The van der Waals surface area contributed by atoms with Crippen LogP contribution in [-0.4, -0.2) is 9.78 Å². The van der Waals surface area contributed by atoms with Crippen LogP contribution in [0.1, 0.15) is 44.2 Å². The molecule has 1 heterocycles. The van der Waals surface area contributed by atoms with Gasteiger partial charge in [-0.3, -0.25) is 0 Å². The lowest BCUT2D eigenvalue weighted by molar-refractivity contribution is 0.651. The van der Waals surface area contributed by atoms with E-state index in [1.165, 1.54) is 18.4 Å². The number of hydrogen-bond acceptors (Lipinski definition) is 2. The predicted octanol–water partition coefficient (Wildman–Crippen LogP) is 1.92. The maximum Gasteiger partial charge on any atom is 0.125 e. The van der Waals surface area contributed by atoms with E-state index in [4.69, 9.17) is 5.73 Å². The molecule has 0 bridgehead atoms. The number of nitrogen functional groups attached to an aromatic ring is 1. The van der Waals surface area contributed by atoms with Gasteiger partial charge in [0.2, 0.25) is 0 Å². The second-order valence-electron chi connectivity index (χ2n) is 3.82. The van der Waals surface area contributed by atoms with Crippen molar-refractivity contribution < 1.29 is 0 Å². The molecule has 3 heteroatoms. The molecule has 3 nitrogen and oxygen atoms in total. The minimum Gasteiger partial charge on any atom is -0.384 e. The first-order valence-corrected chi connectivity index (χ1v) is 4.53. The minimum atomic E-state index is 0.484. The fraction of sp³-hybridized carbons (Fsp3) is 0.667. The van der Waals surface area contributed by atoms with Gasteiger partial charge in [-0.15, -0.1) is 0 Å². The summed E-state index contributed by atoms with van der Waals surface area (Å²) in [4.78, 5) is 0.